The molecule has 0 spiro atoms. The summed E-state index contributed by atoms with van der Waals surface area (Å²) in [5.74, 6) is 0.591. The first-order valence-corrected chi connectivity index (χ1v) is 15.3. The number of ether oxygens (including phenoxy) is 1. The van der Waals surface area contributed by atoms with Gasteiger partial charge in [-0.25, -0.2) is 14.5 Å². The number of nitrogens with zero attached hydrogens (tertiary/aromatic N) is 3. The van der Waals surface area contributed by atoms with Crippen LogP contribution in [0.5, 0.6) is 5.75 Å². The second-order valence-corrected chi connectivity index (χ2v) is 11.9. The summed E-state index contributed by atoms with van der Waals surface area (Å²) in [5, 5.41) is 3.57. The van der Waals surface area contributed by atoms with Crippen LogP contribution in [0.2, 0.25) is 0 Å². The lowest BCUT2D eigenvalue weighted by Crippen LogP contribution is -2.41. The van der Waals surface area contributed by atoms with Crippen molar-refractivity contribution in [2.24, 2.45) is 5.73 Å². The van der Waals surface area contributed by atoms with E-state index in [2.05, 4.69) is 21.6 Å². The van der Waals surface area contributed by atoms with Gasteiger partial charge in [-0.3, -0.25) is 9.32 Å². The summed E-state index contributed by atoms with van der Waals surface area (Å²) in [6, 6.07) is 15.4. The number of carbonyl (C=O) groups excluding carboxylic acids is 1. The van der Waals surface area contributed by atoms with Gasteiger partial charge >= 0.3 is 7.75 Å². The molecule has 0 fully saturated rings. The van der Waals surface area contributed by atoms with Crippen LogP contribution < -0.4 is 21.1 Å². The van der Waals surface area contributed by atoms with Crippen molar-refractivity contribution in [1.82, 2.24) is 19.6 Å². The molecule has 0 radical (unpaired) electrons. The molecule has 0 aliphatic heterocycles. The largest absolute Gasteiger partial charge is 0.459 e. The summed E-state index contributed by atoms with van der Waals surface area (Å²) in [6.07, 6.45) is 2.42. The predicted octanol–water partition coefficient (Wildman–Crippen LogP) is 5.28. The maximum absolute atomic E-state index is 14.1. The first-order chi connectivity index (χ1) is 19.6. The van der Waals surface area contributed by atoms with Crippen molar-refractivity contribution in [2.45, 2.75) is 65.1 Å². The highest BCUT2D eigenvalue weighted by molar-refractivity contribution is 7.52. The fourth-order valence-electron chi connectivity index (χ4n) is 4.76. The van der Waals surface area contributed by atoms with Crippen LogP contribution in [0, 0.1) is 0 Å². The zero-order chi connectivity index (χ0) is 29.6. The molecule has 4 rings (SSSR count). The number of nitrogens with two attached hydrogens (primary N) is 2. The molecule has 0 saturated heterocycles. The van der Waals surface area contributed by atoms with Crippen molar-refractivity contribution in [3.8, 4) is 5.75 Å². The van der Waals surface area contributed by atoms with Gasteiger partial charge in [0.15, 0.2) is 5.82 Å². The quantitative estimate of drug-likeness (QED) is 0.159. The van der Waals surface area contributed by atoms with Gasteiger partial charge in [0.05, 0.1) is 29.2 Å². The van der Waals surface area contributed by atoms with E-state index in [1.807, 2.05) is 44.2 Å². The van der Waals surface area contributed by atoms with E-state index in [0.29, 0.717) is 35.9 Å². The summed E-state index contributed by atoms with van der Waals surface area (Å²) >= 11 is 0. The van der Waals surface area contributed by atoms with E-state index in [0.717, 1.165) is 29.3 Å². The lowest BCUT2D eigenvalue weighted by atomic mass is 9.94. The minimum absolute atomic E-state index is 0.0449. The van der Waals surface area contributed by atoms with Gasteiger partial charge in [-0.15, -0.1) is 0 Å². The van der Waals surface area contributed by atoms with E-state index < -0.39 is 25.2 Å². The number of hydrogen-bond donors (Lipinski definition) is 3. The second-order valence-electron chi connectivity index (χ2n) is 10.2. The number of unbranched alkanes of at least 4 members (excludes halogenated alkanes) is 1. The van der Waals surface area contributed by atoms with Crippen molar-refractivity contribution in [2.75, 3.05) is 18.9 Å². The standard InChI is InChI=1S/C29H39N6O5P/c1-5-7-17-29(4,19-39-41(37,34-20(3)28(31)36)40-21-13-9-8-10-14-21)35-24(18-38-6-2)33-25-26(35)22-15-11-12-16-23(22)32-27(25)30/h8-16,20H,5-7,17-19H2,1-4H3,(H2,30,32)(H2,31,36)(H,34,37)/t20-,29?,41+/m0/s1. The number of nitrogens with one attached hydrogen (secondary N) is 1. The number of para-hydroxylation sites is 2. The summed E-state index contributed by atoms with van der Waals surface area (Å²) < 4.78 is 34.0. The topological polar surface area (TPSA) is 157 Å². The Labute approximate surface area is 240 Å². The smallest absolute Gasteiger partial charge is 0.413 e. The summed E-state index contributed by atoms with van der Waals surface area (Å²) in [6.45, 7) is 8.23. The number of imidazole rings is 1. The van der Waals surface area contributed by atoms with Gasteiger partial charge in [0, 0.05) is 12.0 Å². The fourth-order valence-corrected chi connectivity index (χ4v) is 6.39. The molecular weight excluding hydrogens is 543 g/mol. The van der Waals surface area contributed by atoms with Crippen molar-refractivity contribution in [3.63, 3.8) is 0 Å². The molecule has 2 aromatic heterocycles. The Kier molecular flexibility index (Phi) is 9.65. The number of primary amides is 1. The highest BCUT2D eigenvalue weighted by Gasteiger charge is 2.38. The van der Waals surface area contributed by atoms with Crippen LogP contribution in [0.25, 0.3) is 21.9 Å². The molecule has 11 nitrogen and oxygen atoms in total. The van der Waals surface area contributed by atoms with E-state index in [1.54, 1.807) is 24.3 Å². The van der Waals surface area contributed by atoms with Gasteiger partial charge in [0.1, 0.15) is 23.7 Å². The number of hydrogen-bond acceptors (Lipinski definition) is 8. The van der Waals surface area contributed by atoms with E-state index in [4.69, 9.17) is 30.2 Å². The van der Waals surface area contributed by atoms with Crippen molar-refractivity contribution in [1.29, 1.82) is 0 Å². The third-order valence-electron chi connectivity index (χ3n) is 6.93. The average Bonchev–Trinajstić information content (AvgIpc) is 3.36. The fraction of sp³-hybridized carbons (Fsp3) is 0.414. The van der Waals surface area contributed by atoms with Crippen LogP contribution in [-0.2, 0) is 30.8 Å². The Hall–Kier alpha value is -3.50. The highest BCUT2D eigenvalue weighted by atomic mass is 31.2. The molecule has 12 heteroatoms. The average molecular weight is 583 g/mol. The zero-order valence-corrected chi connectivity index (χ0v) is 24.9. The van der Waals surface area contributed by atoms with E-state index in [9.17, 15) is 9.36 Å². The number of pyridine rings is 1. The zero-order valence-electron chi connectivity index (χ0n) is 24.0. The van der Waals surface area contributed by atoms with Gasteiger partial charge < -0.3 is 25.3 Å². The molecule has 1 unspecified atom stereocenters. The Bertz CT molecular complexity index is 1550. The van der Waals surface area contributed by atoms with Gasteiger partial charge in [-0.05, 0) is 45.4 Å². The highest BCUT2D eigenvalue weighted by Crippen LogP contribution is 2.47. The third kappa shape index (κ3) is 6.87. The first-order valence-electron chi connectivity index (χ1n) is 13.8. The molecule has 0 bridgehead atoms. The molecule has 2 aromatic carbocycles. The number of aromatic nitrogens is 3. The second kappa shape index (κ2) is 13.0. The van der Waals surface area contributed by atoms with Crippen LogP contribution >= 0.6 is 7.75 Å². The molecule has 5 N–H and O–H groups in total. The number of rotatable bonds is 15. The Morgan fingerprint density at radius 2 is 1.83 bits per heavy atom. The Morgan fingerprint density at radius 1 is 1.12 bits per heavy atom. The van der Waals surface area contributed by atoms with Crippen molar-refractivity contribution in [3.05, 3.63) is 60.4 Å². The van der Waals surface area contributed by atoms with Crippen LogP contribution in [0.3, 0.4) is 0 Å². The number of fused-ring (bicyclic) bond motifs is 3. The number of nitrogen functional groups attached to an aromatic ring is 1. The molecule has 1 amide bonds. The Morgan fingerprint density at radius 3 is 2.51 bits per heavy atom. The van der Waals surface area contributed by atoms with Crippen molar-refractivity contribution >= 4 is 41.4 Å². The predicted molar refractivity (Wildman–Crippen MR) is 160 cm³/mol. The maximum atomic E-state index is 14.1. The number of anilines is 1. The first kappa shape index (κ1) is 30.5. The van der Waals surface area contributed by atoms with Gasteiger partial charge in [0.25, 0.3) is 0 Å². The monoisotopic (exact) mass is 582 g/mol. The van der Waals surface area contributed by atoms with Gasteiger partial charge in [-0.2, -0.15) is 5.09 Å². The minimum Gasteiger partial charge on any atom is -0.413 e. The van der Waals surface area contributed by atoms with Crippen LogP contribution in [0.4, 0.5) is 5.82 Å². The molecule has 220 valence electrons. The normalized spacial score (nSPS) is 15.4. The molecule has 0 saturated carbocycles. The summed E-state index contributed by atoms with van der Waals surface area (Å²) in [5.41, 5.74) is 13.2. The molecule has 2 heterocycles. The Balaban J connectivity index is 1.84. The molecule has 0 aliphatic rings. The number of amides is 1. The third-order valence-corrected chi connectivity index (χ3v) is 8.55. The van der Waals surface area contributed by atoms with Gasteiger partial charge in [0.2, 0.25) is 5.91 Å². The molecule has 41 heavy (non-hydrogen) atoms. The molecule has 0 aliphatic carbocycles. The van der Waals surface area contributed by atoms with Crippen molar-refractivity contribution < 1.29 is 23.1 Å². The van der Waals surface area contributed by atoms with Gasteiger partial charge in [-0.1, -0.05) is 56.2 Å². The summed E-state index contributed by atoms with van der Waals surface area (Å²) in [7, 11) is -4.09. The minimum atomic E-state index is -4.09. The SMILES string of the molecule is CCCCC(C)(CO[P@](=O)(N[C@@H](C)C(N)=O)Oc1ccccc1)n1c(COCC)nc2c(N)nc3ccccc3c21. The lowest BCUT2D eigenvalue weighted by molar-refractivity contribution is -0.119. The molecule has 4 aromatic rings. The molecular formula is C29H39N6O5P. The van der Waals surface area contributed by atoms with E-state index in [1.165, 1.54) is 6.92 Å². The maximum Gasteiger partial charge on any atom is 0.459 e. The number of carbonyl (C=O) groups is 1. The lowest BCUT2D eigenvalue weighted by Gasteiger charge is -2.35. The summed E-state index contributed by atoms with van der Waals surface area (Å²) in [4.78, 5) is 21.3. The van der Waals surface area contributed by atoms with Crippen LogP contribution in [-0.4, -0.2) is 39.7 Å². The molecule has 3 atom stereocenters. The number of benzene rings is 2. The van der Waals surface area contributed by atoms with E-state index >= 15 is 0 Å². The van der Waals surface area contributed by atoms with Crippen LogP contribution in [0.15, 0.2) is 54.6 Å². The van der Waals surface area contributed by atoms with E-state index in [-0.39, 0.29) is 13.2 Å². The van der Waals surface area contributed by atoms with Crippen LogP contribution in [0.1, 0.15) is 52.8 Å².